The number of halogens is 1. The number of benzene rings is 1. The number of fused-ring (bicyclic) bond motifs is 1. The highest BCUT2D eigenvalue weighted by Gasteiger charge is 2.09. The van der Waals surface area contributed by atoms with Gasteiger partial charge in [-0.3, -0.25) is 10.7 Å². The average molecular weight is 194 g/mol. The molecule has 1 heterocycles. The predicted molar refractivity (Wildman–Crippen MR) is 49.5 cm³/mol. The Morgan fingerprint density at radius 3 is 3.00 bits per heavy atom. The Labute approximate surface area is 78.2 Å². The van der Waals surface area contributed by atoms with Crippen LogP contribution in [0.5, 0.6) is 0 Å². The van der Waals surface area contributed by atoms with Gasteiger partial charge in [0.25, 0.3) is 0 Å². The maximum atomic E-state index is 13.1. The fourth-order valence-corrected chi connectivity index (χ4v) is 1.08. The van der Waals surface area contributed by atoms with Gasteiger partial charge in [-0.05, 0) is 12.1 Å². The van der Waals surface area contributed by atoms with Crippen molar-refractivity contribution in [2.24, 2.45) is 5.73 Å². The van der Waals surface area contributed by atoms with Gasteiger partial charge in [-0.1, -0.05) is 6.07 Å². The van der Waals surface area contributed by atoms with Gasteiger partial charge < -0.3 is 10.2 Å². The van der Waals surface area contributed by atoms with Crippen molar-refractivity contribution in [3.05, 3.63) is 24.0 Å². The number of hydrogen-bond donors (Lipinski definition) is 3. The van der Waals surface area contributed by atoms with E-state index in [1.165, 1.54) is 12.1 Å². The van der Waals surface area contributed by atoms with Crippen LogP contribution in [0.2, 0.25) is 0 Å². The number of nitrogens with two attached hydrogens (primary N) is 1. The SMILES string of the molecule is N=C(N)Nc1nc2cccc(F)c2o1. The Morgan fingerprint density at radius 1 is 1.57 bits per heavy atom. The maximum absolute atomic E-state index is 13.1. The third kappa shape index (κ3) is 1.37. The van der Waals surface area contributed by atoms with Crippen molar-refractivity contribution < 1.29 is 8.81 Å². The number of anilines is 1. The molecule has 1 aromatic heterocycles. The Kier molecular flexibility index (Phi) is 1.81. The van der Waals surface area contributed by atoms with Gasteiger partial charge in [0.15, 0.2) is 17.4 Å². The second-order valence-corrected chi connectivity index (χ2v) is 2.65. The summed E-state index contributed by atoms with van der Waals surface area (Å²) in [6.45, 7) is 0. The van der Waals surface area contributed by atoms with Crippen LogP contribution in [0.25, 0.3) is 11.1 Å². The van der Waals surface area contributed by atoms with Gasteiger partial charge in [0.05, 0.1) is 0 Å². The molecular formula is C8H7FN4O. The highest BCUT2D eigenvalue weighted by Crippen LogP contribution is 2.20. The summed E-state index contributed by atoms with van der Waals surface area (Å²) in [6.07, 6.45) is 0. The van der Waals surface area contributed by atoms with E-state index in [1.54, 1.807) is 6.07 Å². The van der Waals surface area contributed by atoms with Crippen LogP contribution in [0.15, 0.2) is 22.6 Å². The van der Waals surface area contributed by atoms with Crippen molar-refractivity contribution in [1.29, 1.82) is 5.41 Å². The molecule has 0 bridgehead atoms. The van der Waals surface area contributed by atoms with Crippen LogP contribution in [-0.4, -0.2) is 10.9 Å². The molecule has 0 unspecified atom stereocenters. The van der Waals surface area contributed by atoms with Crippen molar-refractivity contribution in [3.63, 3.8) is 0 Å². The van der Waals surface area contributed by atoms with E-state index in [9.17, 15) is 4.39 Å². The predicted octanol–water partition coefficient (Wildman–Crippen LogP) is 1.27. The topological polar surface area (TPSA) is 87.9 Å². The van der Waals surface area contributed by atoms with Crippen LogP contribution >= 0.6 is 0 Å². The summed E-state index contributed by atoms with van der Waals surface area (Å²) < 4.78 is 18.1. The first-order valence-corrected chi connectivity index (χ1v) is 3.83. The standard InChI is InChI=1S/C8H7FN4O/c9-4-2-1-3-5-6(4)14-8(12-5)13-7(10)11/h1-3H,(H4,10,11,12,13). The second-order valence-electron chi connectivity index (χ2n) is 2.65. The average Bonchev–Trinajstić information content (AvgIpc) is 2.47. The van der Waals surface area contributed by atoms with E-state index in [-0.39, 0.29) is 17.6 Å². The van der Waals surface area contributed by atoms with Crippen LogP contribution in [0.3, 0.4) is 0 Å². The summed E-state index contributed by atoms with van der Waals surface area (Å²) in [4.78, 5) is 3.88. The lowest BCUT2D eigenvalue weighted by molar-refractivity contribution is 0.566. The minimum absolute atomic E-state index is 0.0117. The second kappa shape index (κ2) is 2.99. The van der Waals surface area contributed by atoms with Crippen LogP contribution in [-0.2, 0) is 0 Å². The molecule has 4 N–H and O–H groups in total. The fraction of sp³-hybridized carbons (Fsp3) is 0. The van der Waals surface area contributed by atoms with Gasteiger partial charge in [0.2, 0.25) is 0 Å². The molecule has 2 rings (SSSR count). The van der Waals surface area contributed by atoms with Crippen LogP contribution < -0.4 is 11.1 Å². The van der Waals surface area contributed by atoms with E-state index in [1.807, 2.05) is 0 Å². The van der Waals surface area contributed by atoms with Gasteiger partial charge in [-0.2, -0.15) is 4.98 Å². The zero-order chi connectivity index (χ0) is 10.1. The lowest BCUT2D eigenvalue weighted by Gasteiger charge is -1.93. The van der Waals surface area contributed by atoms with E-state index in [0.717, 1.165) is 0 Å². The van der Waals surface area contributed by atoms with Crippen LogP contribution in [0.4, 0.5) is 10.4 Å². The molecule has 0 aliphatic rings. The first kappa shape index (κ1) is 8.49. The van der Waals surface area contributed by atoms with E-state index in [4.69, 9.17) is 15.6 Å². The van der Waals surface area contributed by atoms with Gasteiger partial charge in [0, 0.05) is 0 Å². The van der Waals surface area contributed by atoms with E-state index in [2.05, 4.69) is 10.3 Å². The van der Waals surface area contributed by atoms with E-state index in [0.29, 0.717) is 5.52 Å². The number of oxazole rings is 1. The van der Waals surface area contributed by atoms with Crippen molar-refractivity contribution in [1.82, 2.24) is 4.98 Å². The van der Waals surface area contributed by atoms with Gasteiger partial charge in [0.1, 0.15) is 5.52 Å². The van der Waals surface area contributed by atoms with Crippen molar-refractivity contribution >= 4 is 23.1 Å². The van der Waals surface area contributed by atoms with Crippen molar-refractivity contribution in [2.45, 2.75) is 0 Å². The third-order valence-corrected chi connectivity index (χ3v) is 1.61. The summed E-state index contributed by atoms with van der Waals surface area (Å²) in [5.41, 5.74) is 5.50. The Bertz CT molecular complexity index is 493. The van der Waals surface area contributed by atoms with Gasteiger partial charge in [-0.25, -0.2) is 4.39 Å². The van der Waals surface area contributed by atoms with E-state index < -0.39 is 5.82 Å². The van der Waals surface area contributed by atoms with Crippen LogP contribution in [0, 0.1) is 11.2 Å². The molecule has 0 saturated carbocycles. The number of hydrogen-bond acceptors (Lipinski definition) is 3. The largest absolute Gasteiger partial charge is 0.420 e. The Balaban J connectivity index is 2.51. The summed E-state index contributed by atoms with van der Waals surface area (Å²) >= 11 is 0. The molecule has 6 heteroatoms. The van der Waals surface area contributed by atoms with Gasteiger partial charge in [-0.15, -0.1) is 0 Å². The Morgan fingerprint density at radius 2 is 2.36 bits per heavy atom. The van der Waals surface area contributed by atoms with Crippen molar-refractivity contribution in [3.8, 4) is 0 Å². The maximum Gasteiger partial charge on any atom is 0.302 e. The Hall–Kier alpha value is -2.11. The lowest BCUT2D eigenvalue weighted by Crippen LogP contribution is -2.20. The molecule has 0 aliphatic carbocycles. The highest BCUT2D eigenvalue weighted by molar-refractivity contribution is 5.89. The monoisotopic (exact) mass is 194 g/mol. The van der Waals surface area contributed by atoms with Crippen LogP contribution in [0.1, 0.15) is 0 Å². The molecule has 0 saturated heterocycles. The normalized spacial score (nSPS) is 10.4. The third-order valence-electron chi connectivity index (χ3n) is 1.61. The molecule has 14 heavy (non-hydrogen) atoms. The molecule has 5 nitrogen and oxygen atoms in total. The number of guanidine groups is 1. The number of para-hydroxylation sites is 1. The minimum Gasteiger partial charge on any atom is -0.420 e. The van der Waals surface area contributed by atoms with Crippen molar-refractivity contribution in [2.75, 3.05) is 5.32 Å². The number of rotatable bonds is 1. The smallest absolute Gasteiger partial charge is 0.302 e. The molecule has 2 aromatic rings. The molecule has 0 atom stereocenters. The molecule has 0 radical (unpaired) electrons. The zero-order valence-corrected chi connectivity index (χ0v) is 7.04. The quantitative estimate of drug-likeness (QED) is 0.471. The number of nitrogens with zero attached hydrogens (tertiary/aromatic N) is 1. The first-order valence-electron chi connectivity index (χ1n) is 3.83. The zero-order valence-electron chi connectivity index (χ0n) is 7.04. The van der Waals surface area contributed by atoms with E-state index >= 15 is 0 Å². The minimum atomic E-state index is -0.494. The lowest BCUT2D eigenvalue weighted by atomic mass is 10.3. The molecule has 0 amide bonds. The summed E-state index contributed by atoms with van der Waals surface area (Å²) in [5, 5.41) is 9.27. The summed E-state index contributed by atoms with van der Waals surface area (Å²) in [5.74, 6) is -0.802. The highest BCUT2D eigenvalue weighted by atomic mass is 19.1. The number of aromatic nitrogens is 1. The fourth-order valence-electron chi connectivity index (χ4n) is 1.08. The molecule has 0 fully saturated rings. The van der Waals surface area contributed by atoms with Gasteiger partial charge >= 0.3 is 6.01 Å². The number of nitrogens with one attached hydrogen (secondary N) is 2. The summed E-state index contributed by atoms with van der Waals surface area (Å²) in [7, 11) is 0. The first-order chi connectivity index (χ1) is 6.66. The molecular weight excluding hydrogens is 187 g/mol. The summed E-state index contributed by atoms with van der Waals surface area (Å²) in [6, 6.07) is 4.41. The molecule has 72 valence electrons. The molecule has 1 aromatic carbocycles. The molecule has 0 aliphatic heterocycles. The molecule has 0 spiro atoms.